The number of hydrogen-bond donors (Lipinski definition) is 2. The van der Waals surface area contributed by atoms with E-state index in [9.17, 15) is 9.59 Å². The summed E-state index contributed by atoms with van der Waals surface area (Å²) in [5.41, 5.74) is 1.25. The molecule has 0 radical (unpaired) electrons. The summed E-state index contributed by atoms with van der Waals surface area (Å²) >= 11 is 0. The molecule has 3 heterocycles. The lowest BCUT2D eigenvalue weighted by atomic mass is 10.3. The highest BCUT2D eigenvalue weighted by molar-refractivity contribution is 5.77. The van der Waals surface area contributed by atoms with Gasteiger partial charge >= 0.3 is 0 Å². The Kier molecular flexibility index (Phi) is 3.65. The first-order valence-corrected chi connectivity index (χ1v) is 6.73. The van der Waals surface area contributed by atoms with Gasteiger partial charge in [0.2, 0.25) is 5.91 Å². The van der Waals surface area contributed by atoms with Gasteiger partial charge in [0.1, 0.15) is 5.82 Å². The Balaban J connectivity index is 1.69. The summed E-state index contributed by atoms with van der Waals surface area (Å²) in [5.74, 6) is 0.451. The van der Waals surface area contributed by atoms with Gasteiger partial charge in [-0.15, -0.1) is 0 Å². The molecule has 0 aliphatic carbocycles. The molecule has 0 aliphatic rings. The van der Waals surface area contributed by atoms with Gasteiger partial charge in [0, 0.05) is 30.7 Å². The number of aromatic amines is 1. The van der Waals surface area contributed by atoms with Gasteiger partial charge < -0.3 is 5.32 Å². The molecule has 8 heteroatoms. The van der Waals surface area contributed by atoms with Crippen molar-refractivity contribution in [3.8, 4) is 0 Å². The molecule has 112 valence electrons. The molecular formula is C14H14N6O2. The van der Waals surface area contributed by atoms with Crippen LogP contribution in [0.2, 0.25) is 0 Å². The van der Waals surface area contributed by atoms with Crippen molar-refractivity contribution in [1.29, 1.82) is 0 Å². The fourth-order valence-electron chi connectivity index (χ4n) is 2.03. The summed E-state index contributed by atoms with van der Waals surface area (Å²) in [6, 6.07) is 5.08. The fraction of sp³-hybridized carbons (Fsp3) is 0.214. The highest BCUT2D eigenvalue weighted by atomic mass is 16.1. The highest BCUT2D eigenvalue weighted by Crippen LogP contribution is 1.99. The highest BCUT2D eigenvalue weighted by Gasteiger charge is 2.10. The van der Waals surface area contributed by atoms with E-state index in [-0.39, 0.29) is 23.7 Å². The van der Waals surface area contributed by atoms with Crippen molar-refractivity contribution in [2.24, 2.45) is 0 Å². The molecule has 0 unspecified atom stereocenters. The lowest BCUT2D eigenvalue weighted by Gasteiger charge is -2.03. The first-order chi connectivity index (χ1) is 10.6. The molecule has 0 bridgehead atoms. The van der Waals surface area contributed by atoms with Crippen molar-refractivity contribution in [2.75, 3.05) is 0 Å². The number of aromatic nitrogens is 5. The number of rotatable bonds is 4. The maximum Gasteiger partial charge on any atom is 0.274 e. The van der Waals surface area contributed by atoms with E-state index in [2.05, 4.69) is 25.4 Å². The summed E-state index contributed by atoms with van der Waals surface area (Å²) in [5, 5.41) is 5.55. The summed E-state index contributed by atoms with van der Waals surface area (Å²) in [7, 11) is 0. The topological polar surface area (TPSA) is 105 Å². The summed E-state index contributed by atoms with van der Waals surface area (Å²) in [6.45, 7) is 2.11. The van der Waals surface area contributed by atoms with Crippen LogP contribution >= 0.6 is 0 Å². The Hall–Kier alpha value is -3.03. The lowest BCUT2D eigenvalue weighted by Crippen LogP contribution is -2.25. The summed E-state index contributed by atoms with van der Waals surface area (Å²) in [4.78, 5) is 35.9. The van der Waals surface area contributed by atoms with E-state index in [1.165, 1.54) is 10.6 Å². The summed E-state index contributed by atoms with van der Waals surface area (Å²) < 4.78 is 1.22. The molecule has 0 aliphatic heterocycles. The Morgan fingerprint density at radius 1 is 1.41 bits per heavy atom. The fourth-order valence-corrected chi connectivity index (χ4v) is 2.03. The van der Waals surface area contributed by atoms with Gasteiger partial charge in [0.05, 0.1) is 6.42 Å². The molecule has 0 saturated heterocycles. The Bertz CT molecular complexity index is 868. The third kappa shape index (κ3) is 3.00. The maximum absolute atomic E-state index is 11.9. The first kappa shape index (κ1) is 13.9. The average molecular weight is 298 g/mol. The molecule has 0 saturated carbocycles. The second-order valence-electron chi connectivity index (χ2n) is 4.86. The maximum atomic E-state index is 11.9. The van der Waals surface area contributed by atoms with Crippen LogP contribution in [0.5, 0.6) is 0 Å². The second-order valence-corrected chi connectivity index (χ2v) is 4.86. The van der Waals surface area contributed by atoms with Crippen molar-refractivity contribution in [2.45, 2.75) is 19.9 Å². The predicted molar refractivity (Wildman–Crippen MR) is 78.1 cm³/mol. The van der Waals surface area contributed by atoms with E-state index >= 15 is 0 Å². The third-order valence-corrected chi connectivity index (χ3v) is 3.05. The quantitative estimate of drug-likeness (QED) is 0.704. The predicted octanol–water partition coefficient (Wildman–Crippen LogP) is -0.0201. The van der Waals surface area contributed by atoms with Gasteiger partial charge in [-0.25, -0.2) is 4.98 Å². The van der Waals surface area contributed by atoms with Gasteiger partial charge in [-0.3, -0.25) is 19.7 Å². The van der Waals surface area contributed by atoms with E-state index in [1.807, 2.05) is 6.07 Å². The normalized spacial score (nSPS) is 10.8. The van der Waals surface area contributed by atoms with Crippen LogP contribution < -0.4 is 10.9 Å². The Morgan fingerprint density at radius 2 is 2.27 bits per heavy atom. The van der Waals surface area contributed by atoms with Gasteiger partial charge in [-0.2, -0.15) is 9.50 Å². The zero-order valence-corrected chi connectivity index (χ0v) is 11.9. The smallest absolute Gasteiger partial charge is 0.274 e. The number of pyridine rings is 1. The van der Waals surface area contributed by atoms with Crippen LogP contribution in [0.3, 0.4) is 0 Å². The molecule has 3 rings (SSSR count). The van der Waals surface area contributed by atoms with Gasteiger partial charge in [-0.05, 0) is 18.6 Å². The number of fused-ring (bicyclic) bond motifs is 1. The molecule has 3 aromatic heterocycles. The molecular weight excluding hydrogens is 284 g/mol. The minimum atomic E-state index is -0.253. The minimum Gasteiger partial charge on any atom is -0.352 e. The van der Waals surface area contributed by atoms with Crippen molar-refractivity contribution < 1.29 is 4.79 Å². The zero-order chi connectivity index (χ0) is 15.5. The number of amides is 1. The largest absolute Gasteiger partial charge is 0.352 e. The van der Waals surface area contributed by atoms with E-state index in [4.69, 9.17) is 0 Å². The molecule has 22 heavy (non-hydrogen) atoms. The minimum absolute atomic E-state index is 0.0438. The lowest BCUT2D eigenvalue weighted by molar-refractivity contribution is -0.120. The zero-order valence-electron chi connectivity index (χ0n) is 11.9. The van der Waals surface area contributed by atoms with Gasteiger partial charge in [0.25, 0.3) is 11.3 Å². The van der Waals surface area contributed by atoms with Crippen molar-refractivity contribution in [1.82, 2.24) is 29.9 Å². The van der Waals surface area contributed by atoms with Gasteiger partial charge in [0.15, 0.2) is 0 Å². The number of nitrogens with zero attached hydrogens (tertiary/aromatic N) is 4. The number of carbonyl (C=O) groups excluding carboxylic acids is 1. The molecule has 8 nitrogen and oxygen atoms in total. The third-order valence-electron chi connectivity index (χ3n) is 3.05. The Morgan fingerprint density at radius 3 is 3.05 bits per heavy atom. The van der Waals surface area contributed by atoms with Crippen LogP contribution in [0, 0.1) is 6.92 Å². The van der Waals surface area contributed by atoms with Crippen LogP contribution in [-0.2, 0) is 17.8 Å². The number of carbonyl (C=O) groups is 1. The van der Waals surface area contributed by atoms with Crippen molar-refractivity contribution in [3.05, 3.63) is 58.0 Å². The number of hydrogen-bond acceptors (Lipinski definition) is 5. The summed E-state index contributed by atoms with van der Waals surface area (Å²) in [6.07, 6.45) is 3.41. The van der Waals surface area contributed by atoms with Crippen molar-refractivity contribution in [3.63, 3.8) is 0 Å². The standard InChI is InChI=1S/C14H14N6O2/c1-9-5-13(22)20-14(17-9)18-11(19-20)6-12(21)16-8-10-3-2-4-15-7-10/h2-5,7H,6,8H2,1H3,(H,16,21)(H,17,18,19). The molecule has 3 aromatic rings. The monoisotopic (exact) mass is 298 g/mol. The molecule has 0 aromatic carbocycles. The molecule has 2 N–H and O–H groups in total. The van der Waals surface area contributed by atoms with Crippen molar-refractivity contribution >= 4 is 11.7 Å². The number of nitrogens with one attached hydrogen (secondary N) is 2. The number of H-pyrrole nitrogens is 1. The van der Waals surface area contributed by atoms with Crippen LogP contribution in [0.25, 0.3) is 5.78 Å². The van der Waals surface area contributed by atoms with E-state index in [1.54, 1.807) is 25.4 Å². The van der Waals surface area contributed by atoms with Crippen LogP contribution in [0.4, 0.5) is 0 Å². The first-order valence-electron chi connectivity index (χ1n) is 6.73. The average Bonchev–Trinajstić information content (AvgIpc) is 2.89. The van der Waals surface area contributed by atoms with E-state index in [0.29, 0.717) is 18.1 Å². The SMILES string of the molecule is Cc1cc(=O)n2[nH]c(CC(=O)NCc3cccnc3)nc2n1. The number of aryl methyl sites for hydroxylation is 1. The van der Waals surface area contributed by atoms with Gasteiger partial charge in [-0.1, -0.05) is 6.07 Å². The molecule has 0 atom stereocenters. The van der Waals surface area contributed by atoms with Crippen LogP contribution in [-0.4, -0.2) is 30.5 Å². The van der Waals surface area contributed by atoms with Crippen LogP contribution in [0.15, 0.2) is 35.4 Å². The Labute approximate surface area is 125 Å². The van der Waals surface area contributed by atoms with E-state index < -0.39 is 0 Å². The second kappa shape index (κ2) is 5.76. The molecule has 1 amide bonds. The van der Waals surface area contributed by atoms with Crippen LogP contribution in [0.1, 0.15) is 17.1 Å². The van der Waals surface area contributed by atoms with E-state index in [0.717, 1.165) is 5.56 Å². The molecule has 0 spiro atoms. The molecule has 0 fully saturated rings.